The van der Waals surface area contributed by atoms with Crippen LogP contribution < -0.4 is 10.1 Å². The SMILES string of the molecule is COc1cc(O)c2c(c1)C(=O)c1c(cc3c(c1O)-c1c(cc(C)c(C(=O)NC(CO)C(=O)O)c1O)[C@H](OC1OC(C)C(N(C)C)C(OC4OCC(O)C(O)C4O)C1O)[C@H]3O)C2=O. The third-order valence-electron chi connectivity index (χ3n) is 11.7. The number of hydrogen-bond donors (Lipinski definition) is 11. The molecule has 21 heteroatoms. The van der Waals surface area contributed by atoms with Gasteiger partial charge in [0.1, 0.15) is 65.7 Å². The maximum atomic E-state index is 14.1. The Morgan fingerprint density at radius 2 is 1.50 bits per heavy atom. The predicted molar refractivity (Wildman–Crippen MR) is 207 cm³/mol. The van der Waals surface area contributed by atoms with Crippen LogP contribution in [-0.2, 0) is 23.7 Å². The number of fused-ring (bicyclic) bond motifs is 5. The Hall–Kier alpha value is -5.30. The second-order valence-electron chi connectivity index (χ2n) is 15.8. The first-order valence-corrected chi connectivity index (χ1v) is 19.3. The summed E-state index contributed by atoms with van der Waals surface area (Å²) in [5, 5.41) is 111. The van der Waals surface area contributed by atoms with Crippen molar-refractivity contribution in [1.82, 2.24) is 10.2 Å². The number of methoxy groups -OCH3 is 1. The van der Waals surface area contributed by atoms with Gasteiger partial charge in [-0.25, -0.2) is 4.79 Å². The molecule has 62 heavy (non-hydrogen) atoms. The molecule has 0 saturated carbocycles. The van der Waals surface area contributed by atoms with Crippen molar-refractivity contribution >= 4 is 23.4 Å². The van der Waals surface area contributed by atoms with Crippen molar-refractivity contribution in [3.63, 3.8) is 0 Å². The number of rotatable bonds is 10. The molecule has 4 aliphatic rings. The van der Waals surface area contributed by atoms with Crippen molar-refractivity contribution in [2.75, 3.05) is 34.4 Å². The number of carbonyl (C=O) groups excluding carboxylic acids is 3. The molecule has 21 nitrogen and oxygen atoms in total. The van der Waals surface area contributed by atoms with E-state index in [9.17, 15) is 70.2 Å². The standard InChI is InChI=1S/C41H46N2O19/c1-12-6-18-25(32(51)22(12)38(55)42-19(10-44)39(56)57)24-16(9-17-26(33(24)52)29(48)15-7-14(58-5)8-20(45)23(15)28(17)47)30(49)36(18)61-41-35(54)37(27(43(3)4)13(2)60-41)62-40-34(53)31(50)21(46)11-59-40/h6-9,13,19,21,27,30-31,34-37,40-41,44-46,49-54H,10-11H2,1-5H3,(H,42,55)(H,56,57)/t13?,19?,21?,27?,30-,31?,34?,35?,36-,37?,40?,41?/m0/s1. The Balaban J connectivity index is 1.38. The van der Waals surface area contributed by atoms with Crippen molar-refractivity contribution in [3.8, 4) is 34.1 Å². The van der Waals surface area contributed by atoms with E-state index in [4.69, 9.17) is 23.7 Å². The number of nitrogens with one attached hydrogen (secondary N) is 1. The quantitative estimate of drug-likeness (QED) is 0.0882. The molecule has 2 aliphatic heterocycles. The third kappa shape index (κ3) is 7.23. The number of benzene rings is 3. The minimum atomic E-state index is -1.93. The number of carboxylic acids is 1. The number of amides is 1. The molecule has 0 radical (unpaired) electrons. The molecule has 10 unspecified atom stereocenters. The van der Waals surface area contributed by atoms with E-state index in [1.165, 1.54) is 26.2 Å². The zero-order valence-electron chi connectivity index (χ0n) is 33.7. The zero-order chi connectivity index (χ0) is 45.4. The molecule has 2 heterocycles. The lowest BCUT2D eigenvalue weighted by molar-refractivity contribution is -0.345. The average molecular weight is 871 g/mol. The summed E-state index contributed by atoms with van der Waals surface area (Å²) < 4.78 is 29.2. The highest BCUT2D eigenvalue weighted by Crippen LogP contribution is 2.57. The highest BCUT2D eigenvalue weighted by molar-refractivity contribution is 6.31. The number of ketones is 2. The van der Waals surface area contributed by atoms with E-state index in [0.29, 0.717) is 0 Å². The molecule has 12 atom stereocenters. The molecule has 11 N–H and O–H groups in total. The van der Waals surface area contributed by atoms with Gasteiger partial charge in [0.05, 0.1) is 49.2 Å². The van der Waals surface area contributed by atoms with Crippen LogP contribution in [-0.4, -0.2) is 175 Å². The molecule has 2 fully saturated rings. The molecule has 3 aromatic rings. The maximum absolute atomic E-state index is 14.1. The highest BCUT2D eigenvalue weighted by Gasteiger charge is 2.52. The van der Waals surface area contributed by atoms with Crippen molar-refractivity contribution in [1.29, 1.82) is 0 Å². The molecule has 0 bridgehead atoms. The first-order chi connectivity index (χ1) is 29.2. The number of ether oxygens (including phenoxy) is 5. The van der Waals surface area contributed by atoms with Crippen LogP contribution in [0.2, 0.25) is 0 Å². The Labute approximate surface area is 351 Å². The average Bonchev–Trinajstić information content (AvgIpc) is 3.21. The van der Waals surface area contributed by atoms with Gasteiger partial charge in [-0.15, -0.1) is 0 Å². The predicted octanol–water partition coefficient (Wildman–Crippen LogP) is -1.30. The summed E-state index contributed by atoms with van der Waals surface area (Å²) in [4.78, 5) is 55.2. The van der Waals surface area contributed by atoms with Crippen molar-refractivity contribution < 1.29 is 93.9 Å². The minimum absolute atomic E-state index is 0.000177. The maximum Gasteiger partial charge on any atom is 0.328 e. The summed E-state index contributed by atoms with van der Waals surface area (Å²) in [6, 6.07) is 1.98. The van der Waals surface area contributed by atoms with Crippen LogP contribution in [0.1, 0.15) is 78.0 Å². The second kappa shape index (κ2) is 16.8. The van der Waals surface area contributed by atoms with E-state index >= 15 is 0 Å². The number of aliphatic hydroxyl groups is 6. The van der Waals surface area contributed by atoms with Gasteiger partial charge < -0.3 is 85.0 Å². The first-order valence-electron chi connectivity index (χ1n) is 19.3. The number of likely N-dealkylation sites (N-methyl/N-ethyl adjacent to an activating group) is 1. The number of aliphatic carboxylic acids is 1. The number of carboxylic acid groups (broad SMARTS) is 1. The van der Waals surface area contributed by atoms with Gasteiger partial charge in [-0.2, -0.15) is 0 Å². The first kappa shape index (κ1) is 44.7. The van der Waals surface area contributed by atoms with Gasteiger partial charge in [-0.3, -0.25) is 14.4 Å². The van der Waals surface area contributed by atoms with Gasteiger partial charge >= 0.3 is 5.97 Å². The summed E-state index contributed by atoms with van der Waals surface area (Å²) in [6.07, 6.45) is -15.7. The van der Waals surface area contributed by atoms with Crippen molar-refractivity contribution in [3.05, 3.63) is 68.8 Å². The summed E-state index contributed by atoms with van der Waals surface area (Å²) >= 11 is 0. The Kier molecular flexibility index (Phi) is 12.1. The summed E-state index contributed by atoms with van der Waals surface area (Å²) in [5.41, 5.74) is -3.79. The van der Waals surface area contributed by atoms with E-state index in [0.717, 1.165) is 12.1 Å². The fraction of sp³-hybridized carbons (Fsp3) is 0.463. The lowest BCUT2D eigenvalue weighted by Gasteiger charge is -2.49. The monoisotopic (exact) mass is 870 g/mol. The molecule has 334 valence electrons. The Morgan fingerprint density at radius 1 is 0.855 bits per heavy atom. The summed E-state index contributed by atoms with van der Waals surface area (Å²) in [6.45, 7) is 1.50. The Bertz CT molecular complexity index is 2330. The molecular formula is C41H46N2O19. The molecule has 7 rings (SSSR count). The number of aliphatic hydroxyl groups excluding tert-OH is 6. The van der Waals surface area contributed by atoms with Gasteiger partial charge in [-0.05, 0) is 56.8 Å². The van der Waals surface area contributed by atoms with E-state index in [1.54, 1.807) is 25.9 Å². The van der Waals surface area contributed by atoms with Crippen molar-refractivity contribution in [2.45, 2.75) is 87.3 Å². The highest BCUT2D eigenvalue weighted by atomic mass is 16.7. The number of nitrogens with zero attached hydrogens (tertiary/aromatic N) is 1. The molecule has 1 amide bonds. The molecule has 0 aromatic heterocycles. The van der Waals surface area contributed by atoms with Crippen LogP contribution >= 0.6 is 0 Å². The van der Waals surface area contributed by atoms with E-state index in [2.05, 4.69) is 5.32 Å². The molecule has 3 aromatic carbocycles. The van der Waals surface area contributed by atoms with Crippen LogP contribution in [0.25, 0.3) is 11.1 Å². The van der Waals surface area contributed by atoms with Crippen LogP contribution in [0.5, 0.6) is 23.0 Å². The van der Waals surface area contributed by atoms with E-state index in [-0.39, 0.29) is 28.0 Å². The summed E-state index contributed by atoms with van der Waals surface area (Å²) in [5.74, 6) is -7.17. The van der Waals surface area contributed by atoms with Crippen LogP contribution in [0.3, 0.4) is 0 Å². The topological polar surface area (TPSA) is 332 Å². The minimum Gasteiger partial charge on any atom is -0.507 e. The Morgan fingerprint density at radius 3 is 2.13 bits per heavy atom. The van der Waals surface area contributed by atoms with E-state index in [1.807, 2.05) is 0 Å². The number of phenols is 3. The van der Waals surface area contributed by atoms with Crippen LogP contribution in [0.4, 0.5) is 0 Å². The zero-order valence-corrected chi connectivity index (χ0v) is 33.7. The van der Waals surface area contributed by atoms with Gasteiger partial charge in [0.15, 0.2) is 30.2 Å². The molecule has 0 spiro atoms. The normalized spacial score (nSPS) is 29.6. The molecule has 2 aliphatic carbocycles. The lowest BCUT2D eigenvalue weighted by atomic mass is 9.74. The molecular weight excluding hydrogens is 824 g/mol. The van der Waals surface area contributed by atoms with Crippen LogP contribution in [0, 0.1) is 6.92 Å². The van der Waals surface area contributed by atoms with Gasteiger partial charge in [-0.1, -0.05) is 6.07 Å². The fourth-order valence-corrected chi connectivity index (χ4v) is 8.68. The smallest absolute Gasteiger partial charge is 0.328 e. The summed E-state index contributed by atoms with van der Waals surface area (Å²) in [7, 11) is 4.55. The molecule has 2 saturated heterocycles. The van der Waals surface area contributed by atoms with E-state index < -0.39 is 161 Å². The number of aromatic hydroxyl groups is 3. The largest absolute Gasteiger partial charge is 0.507 e. The number of carbonyl (C=O) groups is 4. The lowest BCUT2D eigenvalue weighted by Crippen LogP contribution is -2.65. The number of aryl methyl sites for hydroxylation is 1. The number of phenolic OH excluding ortho intramolecular Hbond substituents is 3. The second-order valence-corrected chi connectivity index (χ2v) is 15.8. The van der Waals surface area contributed by atoms with Gasteiger partial charge in [0.2, 0.25) is 0 Å². The number of hydrogen-bond acceptors (Lipinski definition) is 19. The van der Waals surface area contributed by atoms with Crippen molar-refractivity contribution in [2.24, 2.45) is 0 Å². The van der Waals surface area contributed by atoms with Gasteiger partial charge in [0.25, 0.3) is 5.91 Å². The third-order valence-corrected chi connectivity index (χ3v) is 11.7. The van der Waals surface area contributed by atoms with Crippen LogP contribution in [0.15, 0.2) is 24.3 Å². The van der Waals surface area contributed by atoms with Gasteiger partial charge in [0, 0.05) is 28.3 Å². The fourth-order valence-electron chi connectivity index (χ4n) is 8.68.